The predicted molar refractivity (Wildman–Crippen MR) is 198 cm³/mol. The largest absolute Gasteiger partial charge is 0.550 e. The summed E-state index contributed by atoms with van der Waals surface area (Å²) in [7, 11) is 2.40. The first kappa shape index (κ1) is 46.5. The molecule has 0 atom stereocenters. The molecule has 0 fully saturated rings. The molecule has 0 aliphatic rings. The van der Waals surface area contributed by atoms with Crippen molar-refractivity contribution >= 4 is 5.97 Å². The van der Waals surface area contributed by atoms with E-state index in [1.165, 1.54) is 219 Å². The van der Waals surface area contributed by atoms with Gasteiger partial charge in [0.2, 0.25) is 0 Å². The Bertz CT molecular complexity index is 513. The standard InChI is InChI=1S/C39H82NO.C2H4O2/c1-4-6-8-10-12-14-16-18-20-22-24-26-28-30-32-34-36-40(3,38-39-41)37-35-33-31-29-27-25-23-21-19-17-15-13-11-9-7-5-2;1-2(3)4/h41H,4-39H2,1-3H3;1H3,(H,3,4)/q+1;/p-1. The number of likely N-dealkylation sites (N-methyl/N-ethyl adjacent to an activating group) is 1. The molecular weight excluding hydrogens is 554 g/mol. The van der Waals surface area contributed by atoms with Crippen LogP contribution in [0.15, 0.2) is 0 Å². The van der Waals surface area contributed by atoms with Gasteiger partial charge in [0.15, 0.2) is 0 Å². The van der Waals surface area contributed by atoms with Crippen LogP contribution >= 0.6 is 0 Å². The van der Waals surface area contributed by atoms with Gasteiger partial charge in [-0.2, -0.15) is 0 Å². The van der Waals surface area contributed by atoms with Crippen LogP contribution in [0.2, 0.25) is 0 Å². The third-order valence-corrected chi connectivity index (χ3v) is 9.74. The first-order valence-corrected chi connectivity index (χ1v) is 20.5. The second-order valence-corrected chi connectivity index (χ2v) is 14.6. The molecule has 0 radical (unpaired) electrons. The smallest absolute Gasteiger partial charge is 0.102 e. The van der Waals surface area contributed by atoms with Crippen molar-refractivity contribution in [3.05, 3.63) is 0 Å². The lowest BCUT2D eigenvalue weighted by molar-refractivity contribution is -0.910. The number of rotatable bonds is 36. The van der Waals surface area contributed by atoms with Crippen LogP contribution in [-0.2, 0) is 4.79 Å². The quantitative estimate of drug-likeness (QED) is 0.0548. The Morgan fingerprint density at radius 2 is 0.600 bits per heavy atom. The van der Waals surface area contributed by atoms with Crippen LogP contribution in [0.1, 0.15) is 226 Å². The summed E-state index contributed by atoms with van der Waals surface area (Å²) in [6, 6.07) is 0. The summed E-state index contributed by atoms with van der Waals surface area (Å²) < 4.78 is 1.09. The van der Waals surface area contributed by atoms with Gasteiger partial charge < -0.3 is 19.5 Å². The molecule has 0 aromatic rings. The summed E-state index contributed by atoms with van der Waals surface area (Å²) in [4.78, 5) is 8.89. The lowest BCUT2D eigenvalue weighted by Gasteiger charge is -2.34. The van der Waals surface area contributed by atoms with Crippen molar-refractivity contribution in [1.82, 2.24) is 0 Å². The number of unbranched alkanes of at least 4 members (excludes halogenated alkanes) is 30. The number of aliphatic carboxylic acids is 1. The number of hydrogen-bond donors (Lipinski definition) is 1. The Morgan fingerprint density at radius 3 is 0.778 bits per heavy atom. The Morgan fingerprint density at radius 1 is 0.422 bits per heavy atom. The van der Waals surface area contributed by atoms with Crippen molar-refractivity contribution < 1.29 is 19.5 Å². The fourth-order valence-electron chi connectivity index (χ4n) is 6.66. The fraction of sp³-hybridized carbons (Fsp3) is 0.976. The monoisotopic (exact) mass is 640 g/mol. The number of hydrogen-bond acceptors (Lipinski definition) is 3. The molecule has 4 heteroatoms. The molecule has 0 unspecified atom stereocenters. The number of carboxylic acids is 1. The molecular formula is C41H85NO3. The molecule has 0 amide bonds. The van der Waals surface area contributed by atoms with E-state index in [-0.39, 0.29) is 0 Å². The lowest BCUT2D eigenvalue weighted by atomic mass is 10.0. The predicted octanol–water partition coefficient (Wildman–Crippen LogP) is 11.7. The highest BCUT2D eigenvalue weighted by atomic mass is 16.4. The maximum absolute atomic E-state index is 9.66. The highest BCUT2D eigenvalue weighted by Gasteiger charge is 2.19. The first-order valence-electron chi connectivity index (χ1n) is 20.5. The number of quaternary nitrogens is 1. The van der Waals surface area contributed by atoms with E-state index in [4.69, 9.17) is 9.90 Å². The van der Waals surface area contributed by atoms with Gasteiger partial charge in [0.1, 0.15) is 6.54 Å². The van der Waals surface area contributed by atoms with Crippen LogP contribution in [0.5, 0.6) is 0 Å². The molecule has 0 saturated heterocycles. The third-order valence-electron chi connectivity index (χ3n) is 9.74. The summed E-state index contributed by atoms with van der Waals surface area (Å²) in [5, 5.41) is 18.5. The number of carboxylic acid groups (broad SMARTS) is 1. The minimum atomic E-state index is -1.08. The van der Waals surface area contributed by atoms with Gasteiger partial charge in [-0.1, -0.05) is 194 Å². The lowest BCUT2D eigenvalue weighted by Crippen LogP contribution is -2.47. The molecule has 0 bridgehead atoms. The molecule has 0 saturated carbocycles. The van der Waals surface area contributed by atoms with Gasteiger partial charge in [0.05, 0.1) is 26.7 Å². The highest BCUT2D eigenvalue weighted by Crippen LogP contribution is 2.17. The molecule has 0 rings (SSSR count). The Balaban J connectivity index is 0. The number of aliphatic hydroxyl groups is 1. The zero-order valence-electron chi connectivity index (χ0n) is 31.7. The molecule has 0 aliphatic carbocycles. The van der Waals surface area contributed by atoms with Crippen LogP contribution in [0.25, 0.3) is 0 Å². The van der Waals surface area contributed by atoms with E-state index in [9.17, 15) is 5.11 Å². The van der Waals surface area contributed by atoms with Crippen LogP contribution in [0.4, 0.5) is 0 Å². The van der Waals surface area contributed by atoms with Crippen molar-refractivity contribution in [2.24, 2.45) is 0 Å². The summed E-state index contributed by atoms with van der Waals surface area (Å²) in [5.41, 5.74) is 0. The van der Waals surface area contributed by atoms with Crippen LogP contribution in [0.3, 0.4) is 0 Å². The van der Waals surface area contributed by atoms with Gasteiger partial charge in [-0.3, -0.25) is 0 Å². The zero-order chi connectivity index (χ0) is 33.5. The van der Waals surface area contributed by atoms with Crippen molar-refractivity contribution in [3.63, 3.8) is 0 Å². The van der Waals surface area contributed by atoms with Crippen molar-refractivity contribution in [2.75, 3.05) is 33.3 Å². The number of carbonyl (C=O) groups is 1. The van der Waals surface area contributed by atoms with E-state index in [1.807, 2.05) is 0 Å². The van der Waals surface area contributed by atoms with Gasteiger partial charge >= 0.3 is 0 Å². The molecule has 45 heavy (non-hydrogen) atoms. The van der Waals surface area contributed by atoms with Crippen LogP contribution in [0, 0.1) is 0 Å². The maximum Gasteiger partial charge on any atom is 0.102 e. The first-order chi connectivity index (χ1) is 21.9. The van der Waals surface area contributed by atoms with Gasteiger partial charge in [-0.15, -0.1) is 0 Å². The van der Waals surface area contributed by atoms with Gasteiger partial charge in [-0.05, 0) is 32.6 Å². The van der Waals surface area contributed by atoms with Crippen molar-refractivity contribution in [1.29, 1.82) is 0 Å². The van der Waals surface area contributed by atoms with E-state index in [1.54, 1.807) is 0 Å². The van der Waals surface area contributed by atoms with Crippen LogP contribution in [-0.4, -0.2) is 48.8 Å². The van der Waals surface area contributed by atoms with Gasteiger partial charge in [0.25, 0.3) is 0 Å². The Kier molecular flexibility index (Phi) is 40.9. The number of aliphatic hydroxyl groups excluding tert-OH is 1. The van der Waals surface area contributed by atoms with Crippen LogP contribution < -0.4 is 5.11 Å². The Labute approximate surface area is 284 Å². The zero-order valence-corrected chi connectivity index (χ0v) is 31.7. The van der Waals surface area contributed by atoms with Crippen molar-refractivity contribution in [2.45, 2.75) is 226 Å². The average molecular weight is 640 g/mol. The second-order valence-electron chi connectivity index (χ2n) is 14.6. The molecule has 0 spiro atoms. The fourth-order valence-corrected chi connectivity index (χ4v) is 6.66. The minimum Gasteiger partial charge on any atom is -0.550 e. The third kappa shape index (κ3) is 43.4. The molecule has 0 aromatic heterocycles. The molecule has 1 N–H and O–H groups in total. The van der Waals surface area contributed by atoms with Crippen molar-refractivity contribution in [3.8, 4) is 0 Å². The SMILES string of the molecule is CC(=O)[O-].CCCCCCCCCCCCCCCCCC[N+](C)(CCO)CCCCCCCCCCCCCCCCCC. The van der Waals surface area contributed by atoms with E-state index in [0.717, 1.165) is 18.0 Å². The summed E-state index contributed by atoms with van der Waals surface area (Å²) >= 11 is 0. The minimum absolute atomic E-state index is 0.341. The van der Waals surface area contributed by atoms with Gasteiger partial charge in [-0.25, -0.2) is 0 Å². The molecule has 0 heterocycles. The maximum atomic E-state index is 9.66. The van der Waals surface area contributed by atoms with Gasteiger partial charge in [0, 0.05) is 5.97 Å². The number of carbonyl (C=O) groups excluding carboxylic acids is 1. The van der Waals surface area contributed by atoms with E-state index in [0.29, 0.717) is 6.61 Å². The normalized spacial score (nSPS) is 11.5. The molecule has 4 nitrogen and oxygen atoms in total. The van der Waals surface area contributed by atoms with E-state index >= 15 is 0 Å². The summed E-state index contributed by atoms with van der Waals surface area (Å²) in [5.74, 6) is -1.08. The van der Waals surface area contributed by atoms with E-state index < -0.39 is 5.97 Å². The summed E-state index contributed by atoms with van der Waals surface area (Å²) in [6.07, 6.45) is 45.9. The highest BCUT2D eigenvalue weighted by molar-refractivity contribution is 5.60. The Hall–Kier alpha value is -0.610. The molecule has 0 aliphatic heterocycles. The topological polar surface area (TPSA) is 60.4 Å². The average Bonchev–Trinajstić information content (AvgIpc) is 3.00. The second kappa shape index (κ2) is 39.6. The molecule has 0 aromatic carbocycles. The van der Waals surface area contributed by atoms with E-state index in [2.05, 4.69) is 20.9 Å². The summed E-state index contributed by atoms with van der Waals surface area (Å²) in [6.45, 7) is 9.38. The molecule has 272 valence electrons. The number of nitrogens with zero attached hydrogens (tertiary/aromatic N) is 1.